The molecule has 0 bridgehead atoms. The van der Waals surface area contributed by atoms with Gasteiger partial charge in [-0.15, -0.1) is 0 Å². The topological polar surface area (TPSA) is 29.3 Å². The maximum Gasteiger partial charge on any atom is 0.0406 e. The Hall–Kier alpha value is -0.570. The molecule has 3 heteroatoms. The van der Waals surface area contributed by atoms with E-state index in [-0.39, 0.29) is 0 Å². The van der Waals surface area contributed by atoms with Gasteiger partial charge in [0.1, 0.15) is 0 Å². The standard InChI is InChI=1S/C16H23ClN2/c17-14-6-4-12(5-7-14)16-13(11-18)3-1-2-10-19(16)15-8-9-15/h4-7,13,15-16H,1-3,8-11,18H2. The van der Waals surface area contributed by atoms with Crippen LogP contribution in [0.25, 0.3) is 0 Å². The van der Waals surface area contributed by atoms with E-state index in [0.29, 0.717) is 12.0 Å². The summed E-state index contributed by atoms with van der Waals surface area (Å²) in [6.07, 6.45) is 6.61. The molecule has 1 aliphatic heterocycles. The van der Waals surface area contributed by atoms with E-state index in [1.54, 1.807) is 0 Å². The van der Waals surface area contributed by atoms with E-state index < -0.39 is 0 Å². The number of rotatable bonds is 3. The van der Waals surface area contributed by atoms with Crippen molar-refractivity contribution < 1.29 is 0 Å². The average molecular weight is 279 g/mol. The number of nitrogens with zero attached hydrogens (tertiary/aromatic N) is 1. The van der Waals surface area contributed by atoms with Crippen LogP contribution < -0.4 is 5.73 Å². The number of nitrogens with two attached hydrogens (primary N) is 1. The van der Waals surface area contributed by atoms with Crippen LogP contribution in [0.5, 0.6) is 0 Å². The van der Waals surface area contributed by atoms with Gasteiger partial charge in [0.25, 0.3) is 0 Å². The Bertz CT molecular complexity index is 413. The van der Waals surface area contributed by atoms with E-state index in [9.17, 15) is 0 Å². The Morgan fingerprint density at radius 2 is 1.84 bits per heavy atom. The van der Waals surface area contributed by atoms with Crippen LogP contribution in [-0.2, 0) is 0 Å². The molecule has 1 saturated carbocycles. The van der Waals surface area contributed by atoms with E-state index in [2.05, 4.69) is 17.0 Å². The molecular weight excluding hydrogens is 256 g/mol. The summed E-state index contributed by atoms with van der Waals surface area (Å²) in [6.45, 7) is 2.02. The first-order chi connectivity index (χ1) is 9.29. The number of halogens is 1. The molecule has 2 fully saturated rings. The molecular formula is C16H23ClN2. The van der Waals surface area contributed by atoms with Crippen LogP contribution in [0.1, 0.15) is 43.7 Å². The predicted octanol–water partition coefficient (Wildman–Crippen LogP) is 3.60. The molecule has 19 heavy (non-hydrogen) atoms. The fourth-order valence-electron chi connectivity index (χ4n) is 3.45. The Balaban J connectivity index is 1.91. The number of hydrogen-bond donors (Lipinski definition) is 1. The van der Waals surface area contributed by atoms with Crippen molar-refractivity contribution in [3.63, 3.8) is 0 Å². The highest BCUT2D eigenvalue weighted by Gasteiger charge is 2.38. The molecule has 2 atom stereocenters. The third-order valence-corrected chi connectivity index (χ3v) is 4.83. The van der Waals surface area contributed by atoms with Crippen LogP contribution in [0.4, 0.5) is 0 Å². The van der Waals surface area contributed by atoms with Crippen molar-refractivity contribution in [1.82, 2.24) is 4.90 Å². The first-order valence-electron chi connectivity index (χ1n) is 7.51. The lowest BCUT2D eigenvalue weighted by molar-refractivity contribution is 0.149. The summed E-state index contributed by atoms with van der Waals surface area (Å²) in [7, 11) is 0. The van der Waals surface area contributed by atoms with E-state index >= 15 is 0 Å². The van der Waals surface area contributed by atoms with Crippen LogP contribution >= 0.6 is 11.6 Å². The fraction of sp³-hybridized carbons (Fsp3) is 0.625. The molecule has 2 N–H and O–H groups in total. The van der Waals surface area contributed by atoms with Crippen molar-refractivity contribution >= 4 is 11.6 Å². The Kier molecular flexibility index (Phi) is 4.11. The summed E-state index contributed by atoms with van der Waals surface area (Å²) in [4.78, 5) is 2.72. The van der Waals surface area contributed by atoms with Crippen LogP contribution in [-0.4, -0.2) is 24.0 Å². The van der Waals surface area contributed by atoms with Crippen molar-refractivity contribution in [3.8, 4) is 0 Å². The van der Waals surface area contributed by atoms with Gasteiger partial charge in [-0.1, -0.05) is 30.2 Å². The van der Waals surface area contributed by atoms with Gasteiger partial charge >= 0.3 is 0 Å². The average Bonchev–Trinajstić information content (AvgIpc) is 3.25. The molecule has 2 nitrogen and oxygen atoms in total. The quantitative estimate of drug-likeness (QED) is 0.915. The van der Waals surface area contributed by atoms with Crippen molar-refractivity contribution in [2.75, 3.05) is 13.1 Å². The minimum Gasteiger partial charge on any atom is -0.330 e. The van der Waals surface area contributed by atoms with Crippen molar-refractivity contribution in [1.29, 1.82) is 0 Å². The first-order valence-corrected chi connectivity index (χ1v) is 7.88. The zero-order valence-electron chi connectivity index (χ0n) is 11.4. The first kappa shape index (κ1) is 13.4. The molecule has 1 heterocycles. The number of likely N-dealkylation sites (tertiary alicyclic amines) is 1. The van der Waals surface area contributed by atoms with Crippen LogP contribution in [0.3, 0.4) is 0 Å². The molecule has 1 aromatic rings. The van der Waals surface area contributed by atoms with Gasteiger partial charge in [-0.25, -0.2) is 0 Å². The molecule has 1 aromatic carbocycles. The minimum atomic E-state index is 0.497. The van der Waals surface area contributed by atoms with Gasteiger partial charge in [-0.2, -0.15) is 0 Å². The summed E-state index contributed by atoms with van der Waals surface area (Å²) in [6, 6.07) is 9.71. The lowest BCUT2D eigenvalue weighted by Crippen LogP contribution is -2.37. The molecule has 1 saturated heterocycles. The van der Waals surface area contributed by atoms with E-state index in [1.807, 2.05) is 12.1 Å². The van der Waals surface area contributed by atoms with Crippen LogP contribution in [0.2, 0.25) is 5.02 Å². The van der Waals surface area contributed by atoms with E-state index in [4.69, 9.17) is 17.3 Å². The SMILES string of the molecule is NCC1CCCCN(C2CC2)C1c1ccc(Cl)cc1. The molecule has 1 aliphatic carbocycles. The zero-order valence-corrected chi connectivity index (χ0v) is 12.1. The molecule has 0 aromatic heterocycles. The van der Waals surface area contributed by atoms with Gasteiger partial charge in [-0.05, 0) is 62.4 Å². The van der Waals surface area contributed by atoms with Crippen LogP contribution in [0, 0.1) is 5.92 Å². The molecule has 0 radical (unpaired) electrons. The van der Waals surface area contributed by atoms with Gasteiger partial charge in [-0.3, -0.25) is 4.90 Å². The second kappa shape index (κ2) is 5.82. The van der Waals surface area contributed by atoms with Gasteiger partial charge in [0.2, 0.25) is 0 Å². The predicted molar refractivity (Wildman–Crippen MR) is 80.3 cm³/mol. The summed E-state index contributed by atoms with van der Waals surface area (Å²) in [5.41, 5.74) is 7.46. The highest BCUT2D eigenvalue weighted by molar-refractivity contribution is 6.30. The summed E-state index contributed by atoms with van der Waals surface area (Å²) in [5.74, 6) is 0.587. The largest absolute Gasteiger partial charge is 0.330 e. The second-order valence-electron chi connectivity index (χ2n) is 5.96. The zero-order chi connectivity index (χ0) is 13.2. The summed E-state index contributed by atoms with van der Waals surface area (Å²) in [5, 5.41) is 0.819. The van der Waals surface area contributed by atoms with E-state index in [0.717, 1.165) is 17.6 Å². The monoisotopic (exact) mass is 278 g/mol. The molecule has 0 spiro atoms. The summed E-state index contributed by atoms with van der Waals surface area (Å²) < 4.78 is 0. The fourth-order valence-corrected chi connectivity index (χ4v) is 3.58. The van der Waals surface area contributed by atoms with Gasteiger partial charge < -0.3 is 5.73 Å². The summed E-state index contributed by atoms with van der Waals surface area (Å²) >= 11 is 6.03. The molecule has 0 amide bonds. The van der Waals surface area contributed by atoms with E-state index in [1.165, 1.54) is 44.2 Å². The highest BCUT2D eigenvalue weighted by atomic mass is 35.5. The maximum absolute atomic E-state index is 6.06. The maximum atomic E-state index is 6.06. The molecule has 2 aliphatic rings. The lowest BCUT2D eigenvalue weighted by atomic mass is 9.89. The van der Waals surface area contributed by atoms with Gasteiger partial charge in [0, 0.05) is 17.1 Å². The Morgan fingerprint density at radius 1 is 1.11 bits per heavy atom. The lowest BCUT2D eigenvalue weighted by Gasteiger charge is -2.35. The Morgan fingerprint density at radius 3 is 2.47 bits per heavy atom. The third-order valence-electron chi connectivity index (χ3n) is 4.58. The third kappa shape index (κ3) is 2.96. The van der Waals surface area contributed by atoms with Crippen LogP contribution in [0.15, 0.2) is 24.3 Å². The smallest absolute Gasteiger partial charge is 0.0406 e. The molecule has 2 unspecified atom stereocenters. The Labute approximate surface area is 120 Å². The van der Waals surface area contributed by atoms with Gasteiger partial charge in [0.05, 0.1) is 0 Å². The van der Waals surface area contributed by atoms with Crippen molar-refractivity contribution in [3.05, 3.63) is 34.9 Å². The normalized spacial score (nSPS) is 29.2. The minimum absolute atomic E-state index is 0.497. The highest BCUT2D eigenvalue weighted by Crippen LogP contribution is 2.41. The molecule has 104 valence electrons. The second-order valence-corrected chi connectivity index (χ2v) is 6.39. The molecule has 3 rings (SSSR count). The number of hydrogen-bond acceptors (Lipinski definition) is 2. The van der Waals surface area contributed by atoms with Crippen molar-refractivity contribution in [2.24, 2.45) is 11.7 Å². The number of benzene rings is 1. The van der Waals surface area contributed by atoms with Crippen molar-refractivity contribution in [2.45, 2.75) is 44.2 Å². The van der Waals surface area contributed by atoms with Gasteiger partial charge in [0.15, 0.2) is 0 Å².